The summed E-state index contributed by atoms with van der Waals surface area (Å²) in [5.41, 5.74) is 0.903. The van der Waals surface area contributed by atoms with E-state index in [-0.39, 0.29) is 5.91 Å². The zero-order chi connectivity index (χ0) is 17.8. The summed E-state index contributed by atoms with van der Waals surface area (Å²) in [5.74, 6) is 2.83. The van der Waals surface area contributed by atoms with Gasteiger partial charge in [-0.15, -0.1) is 0 Å². The van der Waals surface area contributed by atoms with Crippen molar-refractivity contribution in [1.29, 1.82) is 0 Å². The molecule has 0 saturated carbocycles. The first-order valence-electron chi connectivity index (χ1n) is 8.01. The van der Waals surface area contributed by atoms with Gasteiger partial charge in [0.15, 0.2) is 11.7 Å². The second-order valence-electron chi connectivity index (χ2n) is 5.89. The lowest BCUT2D eigenvalue weighted by atomic mass is 10.2. The van der Waals surface area contributed by atoms with E-state index in [0.717, 1.165) is 17.1 Å². The molecule has 0 unspecified atom stereocenters. The summed E-state index contributed by atoms with van der Waals surface area (Å²) < 4.78 is 11.2. The molecule has 0 bridgehead atoms. The molecule has 0 N–H and O–H groups in total. The first kappa shape index (κ1) is 17.3. The van der Waals surface area contributed by atoms with Crippen LogP contribution in [0.5, 0.6) is 0 Å². The number of aromatic nitrogens is 1. The van der Waals surface area contributed by atoms with Gasteiger partial charge in [-0.05, 0) is 43.3 Å². The predicted molar refractivity (Wildman–Crippen MR) is 95.2 cm³/mol. The van der Waals surface area contributed by atoms with E-state index in [4.69, 9.17) is 20.4 Å². The van der Waals surface area contributed by atoms with Crippen molar-refractivity contribution in [3.63, 3.8) is 0 Å². The molecule has 2 aromatic heterocycles. The predicted octanol–water partition coefficient (Wildman–Crippen LogP) is 4.49. The van der Waals surface area contributed by atoms with Gasteiger partial charge in [0.2, 0.25) is 5.91 Å². The highest BCUT2D eigenvalue weighted by atomic mass is 35.5. The minimum Gasteiger partial charge on any atom is -0.464 e. The van der Waals surface area contributed by atoms with Crippen molar-refractivity contribution in [2.24, 2.45) is 0 Å². The lowest BCUT2D eigenvalue weighted by Gasteiger charge is -2.15. The maximum absolute atomic E-state index is 12.2. The molecule has 3 aromatic rings. The van der Waals surface area contributed by atoms with Crippen molar-refractivity contribution in [2.75, 3.05) is 7.05 Å². The van der Waals surface area contributed by atoms with Crippen molar-refractivity contribution in [1.82, 2.24) is 9.88 Å². The van der Waals surface area contributed by atoms with Gasteiger partial charge in [0, 0.05) is 30.5 Å². The zero-order valence-electron chi connectivity index (χ0n) is 14.2. The molecular weight excluding hydrogens is 340 g/mol. The number of carbonyl (C=O) groups is 1. The smallest absolute Gasteiger partial charge is 0.223 e. The van der Waals surface area contributed by atoms with E-state index in [0.29, 0.717) is 36.1 Å². The third kappa shape index (κ3) is 4.51. The quantitative estimate of drug-likeness (QED) is 0.651. The monoisotopic (exact) mass is 358 g/mol. The first-order valence-corrected chi connectivity index (χ1v) is 8.39. The number of oxazole rings is 1. The minimum absolute atomic E-state index is 0.0142. The van der Waals surface area contributed by atoms with Gasteiger partial charge in [-0.2, -0.15) is 0 Å². The van der Waals surface area contributed by atoms with Crippen molar-refractivity contribution < 1.29 is 13.6 Å². The number of furan rings is 1. The Labute approximate surface area is 151 Å². The largest absolute Gasteiger partial charge is 0.464 e. The second-order valence-corrected chi connectivity index (χ2v) is 6.32. The van der Waals surface area contributed by atoms with Crippen LogP contribution in [-0.4, -0.2) is 22.8 Å². The molecule has 25 heavy (non-hydrogen) atoms. The van der Waals surface area contributed by atoms with Gasteiger partial charge in [0.05, 0.1) is 12.7 Å². The average Bonchev–Trinajstić information content (AvgIpc) is 3.22. The molecule has 0 saturated heterocycles. The molecule has 5 nitrogen and oxygen atoms in total. The van der Waals surface area contributed by atoms with Gasteiger partial charge in [-0.3, -0.25) is 4.79 Å². The van der Waals surface area contributed by atoms with Crippen LogP contribution in [0.2, 0.25) is 5.02 Å². The highest BCUT2D eigenvalue weighted by molar-refractivity contribution is 6.30. The van der Waals surface area contributed by atoms with Crippen LogP contribution in [0.25, 0.3) is 11.3 Å². The molecule has 0 aliphatic rings. The fourth-order valence-electron chi connectivity index (χ4n) is 2.47. The Morgan fingerprint density at radius 2 is 1.92 bits per heavy atom. The van der Waals surface area contributed by atoms with Crippen molar-refractivity contribution in [2.45, 2.75) is 26.3 Å². The van der Waals surface area contributed by atoms with E-state index >= 15 is 0 Å². The van der Waals surface area contributed by atoms with Crippen LogP contribution in [0.3, 0.4) is 0 Å². The molecular formula is C19H19ClN2O3. The molecule has 1 aromatic carbocycles. The Balaban J connectivity index is 1.54. The number of carbonyl (C=O) groups excluding carboxylic acids is 1. The number of hydrogen-bond donors (Lipinski definition) is 0. The first-order chi connectivity index (χ1) is 12.0. The molecule has 2 heterocycles. The molecule has 130 valence electrons. The summed E-state index contributed by atoms with van der Waals surface area (Å²) >= 11 is 5.88. The van der Waals surface area contributed by atoms with Crippen molar-refractivity contribution in [3.05, 3.63) is 65.0 Å². The zero-order valence-corrected chi connectivity index (χ0v) is 14.9. The second kappa shape index (κ2) is 7.57. The summed E-state index contributed by atoms with van der Waals surface area (Å²) in [6.45, 7) is 2.33. The molecule has 1 amide bonds. The van der Waals surface area contributed by atoms with E-state index in [1.54, 1.807) is 30.3 Å². The number of hydrogen-bond acceptors (Lipinski definition) is 4. The number of nitrogens with zero attached hydrogens (tertiary/aromatic N) is 2. The maximum atomic E-state index is 12.2. The Bertz CT molecular complexity index is 852. The van der Waals surface area contributed by atoms with Gasteiger partial charge < -0.3 is 13.7 Å². The van der Waals surface area contributed by atoms with Crippen LogP contribution in [0.4, 0.5) is 0 Å². The fourth-order valence-corrected chi connectivity index (χ4v) is 2.60. The summed E-state index contributed by atoms with van der Waals surface area (Å²) in [7, 11) is 1.76. The van der Waals surface area contributed by atoms with Crippen molar-refractivity contribution >= 4 is 17.5 Å². The summed E-state index contributed by atoms with van der Waals surface area (Å²) in [6, 6.07) is 11.1. The van der Waals surface area contributed by atoms with Gasteiger partial charge in [-0.1, -0.05) is 11.6 Å². The molecule has 6 heteroatoms. The number of halogens is 1. The molecule has 0 atom stereocenters. The molecule has 3 rings (SSSR count). The van der Waals surface area contributed by atoms with Crippen LogP contribution >= 0.6 is 11.6 Å². The van der Waals surface area contributed by atoms with Gasteiger partial charge >= 0.3 is 0 Å². The maximum Gasteiger partial charge on any atom is 0.223 e. The minimum atomic E-state index is 0.0142. The highest BCUT2D eigenvalue weighted by Gasteiger charge is 2.13. The van der Waals surface area contributed by atoms with Crippen molar-refractivity contribution in [3.8, 4) is 11.3 Å². The lowest BCUT2D eigenvalue weighted by molar-refractivity contribution is -0.130. The highest BCUT2D eigenvalue weighted by Crippen LogP contribution is 2.22. The molecule has 0 radical (unpaired) electrons. The molecule has 0 aliphatic carbocycles. The van der Waals surface area contributed by atoms with E-state index in [9.17, 15) is 4.79 Å². The summed E-state index contributed by atoms with van der Waals surface area (Å²) in [5, 5.41) is 0.670. The summed E-state index contributed by atoms with van der Waals surface area (Å²) in [6.07, 6.45) is 2.45. The number of aryl methyl sites for hydroxylation is 2. The SMILES string of the molecule is Cc1ccc(CN(C)C(=O)CCc2ncc(-c3ccc(Cl)cc3)o2)o1. The fraction of sp³-hybridized carbons (Fsp3) is 0.263. The van der Waals surface area contributed by atoms with Gasteiger partial charge in [-0.25, -0.2) is 4.98 Å². The van der Waals surface area contributed by atoms with Gasteiger partial charge in [0.25, 0.3) is 0 Å². The number of benzene rings is 1. The molecule has 0 spiro atoms. The van der Waals surface area contributed by atoms with Crippen LogP contribution in [0.15, 0.2) is 51.4 Å². The summed E-state index contributed by atoms with van der Waals surface area (Å²) in [4.78, 5) is 18.1. The Morgan fingerprint density at radius 1 is 1.16 bits per heavy atom. The number of rotatable bonds is 6. The number of amides is 1. The van der Waals surface area contributed by atoms with Gasteiger partial charge in [0.1, 0.15) is 11.5 Å². The van der Waals surface area contributed by atoms with E-state index in [1.807, 2.05) is 31.2 Å². The Kier molecular flexibility index (Phi) is 5.24. The Morgan fingerprint density at radius 3 is 2.60 bits per heavy atom. The standard InChI is InChI=1S/C19H19ClN2O3/c1-13-3-8-16(24-13)12-22(2)19(23)10-9-18-21-11-17(25-18)14-4-6-15(20)7-5-14/h3-8,11H,9-10,12H2,1-2H3. The molecule has 0 aliphatic heterocycles. The van der Waals surface area contributed by atoms with E-state index in [2.05, 4.69) is 4.98 Å². The average molecular weight is 359 g/mol. The van der Waals surface area contributed by atoms with Crippen LogP contribution in [0, 0.1) is 6.92 Å². The third-order valence-electron chi connectivity index (χ3n) is 3.85. The third-order valence-corrected chi connectivity index (χ3v) is 4.10. The topological polar surface area (TPSA) is 59.5 Å². The Hall–Kier alpha value is -2.53. The van der Waals surface area contributed by atoms with E-state index < -0.39 is 0 Å². The van der Waals surface area contributed by atoms with Crippen LogP contribution < -0.4 is 0 Å². The van der Waals surface area contributed by atoms with Crippen LogP contribution in [-0.2, 0) is 17.8 Å². The lowest BCUT2D eigenvalue weighted by Crippen LogP contribution is -2.26. The normalized spacial score (nSPS) is 10.8. The van der Waals surface area contributed by atoms with E-state index in [1.165, 1.54) is 0 Å². The van der Waals surface area contributed by atoms with Crippen LogP contribution in [0.1, 0.15) is 23.8 Å². The molecule has 0 fully saturated rings.